The van der Waals surface area contributed by atoms with Crippen LogP contribution in [0.25, 0.3) is 16.2 Å². The molecule has 0 amide bonds. The molecule has 0 aliphatic carbocycles. The summed E-state index contributed by atoms with van der Waals surface area (Å²) in [5.41, 5.74) is 6.81. The standard InChI is InChI=1S/C10H6ClN5O2S/c11-7-3-5(16(17)18)1-2-6(7)8-4-19-10-13-9(12)14-15(8)10/h1-4H,(H2,12,14). The Morgan fingerprint density at radius 2 is 2.26 bits per heavy atom. The van der Waals surface area contributed by atoms with E-state index in [2.05, 4.69) is 10.1 Å². The minimum Gasteiger partial charge on any atom is -0.366 e. The minimum absolute atomic E-state index is 0.0571. The molecule has 7 nitrogen and oxygen atoms in total. The van der Waals surface area contributed by atoms with Crippen LogP contribution in [0.15, 0.2) is 23.6 Å². The van der Waals surface area contributed by atoms with E-state index in [4.69, 9.17) is 17.3 Å². The third-order valence-corrected chi connectivity index (χ3v) is 3.67. The van der Waals surface area contributed by atoms with Gasteiger partial charge in [-0.2, -0.15) is 4.98 Å². The number of rotatable bonds is 2. The Labute approximate surface area is 115 Å². The lowest BCUT2D eigenvalue weighted by molar-refractivity contribution is -0.384. The number of nitrogen functional groups attached to an aromatic ring is 1. The highest BCUT2D eigenvalue weighted by Crippen LogP contribution is 2.33. The molecule has 9 heteroatoms. The third kappa shape index (κ3) is 1.90. The molecule has 0 spiro atoms. The number of nitrogens with zero attached hydrogens (tertiary/aromatic N) is 4. The number of halogens is 1. The number of thiazole rings is 1. The largest absolute Gasteiger partial charge is 0.366 e. The molecule has 0 aliphatic heterocycles. The van der Waals surface area contributed by atoms with Crippen molar-refractivity contribution in [3.05, 3.63) is 38.7 Å². The van der Waals surface area contributed by atoms with Gasteiger partial charge in [0.1, 0.15) is 0 Å². The van der Waals surface area contributed by atoms with Gasteiger partial charge in [0.2, 0.25) is 10.9 Å². The summed E-state index contributed by atoms with van der Waals surface area (Å²) < 4.78 is 1.56. The van der Waals surface area contributed by atoms with Crippen LogP contribution in [0, 0.1) is 10.1 Å². The zero-order chi connectivity index (χ0) is 13.6. The Morgan fingerprint density at radius 1 is 1.47 bits per heavy atom. The zero-order valence-corrected chi connectivity index (χ0v) is 10.9. The highest BCUT2D eigenvalue weighted by molar-refractivity contribution is 7.15. The summed E-state index contributed by atoms with van der Waals surface area (Å²) in [7, 11) is 0. The average Bonchev–Trinajstić information content (AvgIpc) is 2.88. The van der Waals surface area contributed by atoms with Gasteiger partial charge in [0.05, 0.1) is 15.6 Å². The predicted molar refractivity (Wildman–Crippen MR) is 72.4 cm³/mol. The quantitative estimate of drug-likeness (QED) is 0.578. The van der Waals surface area contributed by atoms with Crippen LogP contribution >= 0.6 is 22.9 Å². The molecule has 3 aromatic rings. The van der Waals surface area contributed by atoms with E-state index in [-0.39, 0.29) is 16.7 Å². The molecule has 0 aliphatic rings. The van der Waals surface area contributed by atoms with E-state index in [9.17, 15) is 10.1 Å². The third-order valence-electron chi connectivity index (χ3n) is 2.54. The molecular formula is C10H6ClN5O2S. The molecule has 2 aromatic heterocycles. The lowest BCUT2D eigenvalue weighted by Gasteiger charge is -2.02. The van der Waals surface area contributed by atoms with Crippen molar-refractivity contribution in [2.24, 2.45) is 0 Å². The molecule has 0 unspecified atom stereocenters. The van der Waals surface area contributed by atoms with Crippen molar-refractivity contribution in [3.8, 4) is 11.3 Å². The number of nitro groups is 1. The maximum absolute atomic E-state index is 10.7. The molecule has 0 saturated carbocycles. The van der Waals surface area contributed by atoms with E-state index < -0.39 is 4.92 Å². The second kappa shape index (κ2) is 4.18. The topological polar surface area (TPSA) is 99.3 Å². The highest BCUT2D eigenvalue weighted by atomic mass is 35.5. The number of hydrogen-bond donors (Lipinski definition) is 1. The van der Waals surface area contributed by atoms with Gasteiger partial charge < -0.3 is 5.73 Å². The Kier molecular flexibility index (Phi) is 2.61. The predicted octanol–water partition coefficient (Wildman–Crippen LogP) is 2.60. The number of nitrogens with two attached hydrogens (primary N) is 1. The molecule has 2 heterocycles. The van der Waals surface area contributed by atoms with Gasteiger partial charge in [0.25, 0.3) is 5.69 Å². The summed E-state index contributed by atoms with van der Waals surface area (Å²) >= 11 is 7.45. The molecule has 0 saturated heterocycles. The first-order valence-electron chi connectivity index (χ1n) is 5.10. The summed E-state index contributed by atoms with van der Waals surface area (Å²) in [6.45, 7) is 0. The molecular weight excluding hydrogens is 290 g/mol. The van der Waals surface area contributed by atoms with Crippen molar-refractivity contribution < 1.29 is 4.92 Å². The van der Waals surface area contributed by atoms with Crippen molar-refractivity contribution in [1.29, 1.82) is 0 Å². The maximum atomic E-state index is 10.7. The molecule has 96 valence electrons. The molecule has 19 heavy (non-hydrogen) atoms. The van der Waals surface area contributed by atoms with Crippen molar-refractivity contribution in [1.82, 2.24) is 14.6 Å². The summed E-state index contributed by atoms with van der Waals surface area (Å²) in [4.78, 5) is 14.9. The zero-order valence-electron chi connectivity index (χ0n) is 9.28. The van der Waals surface area contributed by atoms with Crippen molar-refractivity contribution in [2.45, 2.75) is 0 Å². The van der Waals surface area contributed by atoms with Crippen LogP contribution in [0.1, 0.15) is 0 Å². The number of benzene rings is 1. The van der Waals surface area contributed by atoms with E-state index in [1.807, 2.05) is 5.38 Å². The first kappa shape index (κ1) is 11.9. The van der Waals surface area contributed by atoms with Crippen LogP contribution in [0.4, 0.5) is 11.6 Å². The van der Waals surface area contributed by atoms with Gasteiger partial charge in [0.15, 0.2) is 0 Å². The van der Waals surface area contributed by atoms with Gasteiger partial charge in [-0.15, -0.1) is 16.4 Å². The Hall–Kier alpha value is -2.19. The summed E-state index contributed by atoms with van der Waals surface area (Å²) in [5.74, 6) is 0.172. The highest BCUT2D eigenvalue weighted by Gasteiger charge is 2.15. The molecule has 3 rings (SSSR count). The fraction of sp³-hybridized carbons (Fsp3) is 0. The van der Waals surface area contributed by atoms with Gasteiger partial charge in [-0.1, -0.05) is 11.6 Å². The lowest BCUT2D eigenvalue weighted by atomic mass is 10.1. The molecule has 0 atom stereocenters. The van der Waals surface area contributed by atoms with E-state index in [0.29, 0.717) is 16.2 Å². The number of non-ortho nitro benzene ring substituents is 1. The average molecular weight is 296 g/mol. The number of aromatic nitrogens is 3. The number of hydrogen-bond acceptors (Lipinski definition) is 6. The summed E-state index contributed by atoms with van der Waals surface area (Å²) in [5, 5.41) is 16.8. The van der Waals surface area contributed by atoms with Crippen LogP contribution in [0.3, 0.4) is 0 Å². The monoisotopic (exact) mass is 295 g/mol. The number of nitro benzene ring substituents is 1. The first-order chi connectivity index (χ1) is 9.06. The van der Waals surface area contributed by atoms with Crippen LogP contribution in [-0.4, -0.2) is 19.5 Å². The van der Waals surface area contributed by atoms with Gasteiger partial charge in [-0.05, 0) is 6.07 Å². The van der Waals surface area contributed by atoms with Gasteiger partial charge in [0, 0.05) is 23.1 Å². The molecule has 0 bridgehead atoms. The van der Waals surface area contributed by atoms with Gasteiger partial charge in [-0.25, -0.2) is 4.52 Å². The fourth-order valence-corrected chi connectivity index (χ4v) is 2.81. The minimum atomic E-state index is -0.494. The number of anilines is 1. The lowest BCUT2D eigenvalue weighted by Crippen LogP contribution is -1.93. The van der Waals surface area contributed by atoms with E-state index in [0.717, 1.165) is 0 Å². The molecule has 1 aromatic carbocycles. The number of fused-ring (bicyclic) bond motifs is 1. The second-order valence-electron chi connectivity index (χ2n) is 3.71. The van der Waals surface area contributed by atoms with Crippen LogP contribution in [0.5, 0.6) is 0 Å². The fourth-order valence-electron chi connectivity index (χ4n) is 1.71. The van der Waals surface area contributed by atoms with Crippen molar-refractivity contribution in [2.75, 3.05) is 5.73 Å². The Bertz CT molecular complexity index is 796. The van der Waals surface area contributed by atoms with Gasteiger partial charge in [-0.3, -0.25) is 10.1 Å². The second-order valence-corrected chi connectivity index (χ2v) is 4.95. The van der Waals surface area contributed by atoms with E-state index in [1.54, 1.807) is 10.6 Å². The molecule has 0 radical (unpaired) electrons. The van der Waals surface area contributed by atoms with Crippen LogP contribution in [0.2, 0.25) is 5.02 Å². The summed E-state index contributed by atoms with van der Waals surface area (Å²) in [6, 6.07) is 4.28. The SMILES string of the molecule is Nc1nc2scc(-c3ccc([N+](=O)[O-])cc3Cl)n2n1. The maximum Gasteiger partial charge on any atom is 0.270 e. The summed E-state index contributed by atoms with van der Waals surface area (Å²) in [6.07, 6.45) is 0. The first-order valence-corrected chi connectivity index (χ1v) is 6.36. The molecule has 0 fully saturated rings. The smallest absolute Gasteiger partial charge is 0.270 e. The normalized spacial score (nSPS) is 11.0. The van der Waals surface area contributed by atoms with Crippen LogP contribution in [-0.2, 0) is 0 Å². The Morgan fingerprint density at radius 3 is 2.95 bits per heavy atom. The Balaban J connectivity index is 2.18. The van der Waals surface area contributed by atoms with Crippen LogP contribution < -0.4 is 5.73 Å². The van der Waals surface area contributed by atoms with Gasteiger partial charge >= 0.3 is 0 Å². The van der Waals surface area contributed by atoms with Crippen molar-refractivity contribution in [3.63, 3.8) is 0 Å². The van der Waals surface area contributed by atoms with E-state index in [1.165, 1.54) is 23.5 Å². The molecule has 2 N–H and O–H groups in total. The van der Waals surface area contributed by atoms with E-state index >= 15 is 0 Å². The van der Waals surface area contributed by atoms with Crippen molar-refractivity contribution >= 4 is 39.5 Å².